The molecule has 0 spiro atoms. The molecule has 7 heteroatoms. The molecule has 0 unspecified atom stereocenters. The van der Waals surface area contributed by atoms with Crippen molar-refractivity contribution >= 4 is 12.1 Å². The highest BCUT2D eigenvalue weighted by Crippen LogP contribution is 2.18. The lowest BCUT2D eigenvalue weighted by molar-refractivity contribution is -0.126. The highest BCUT2D eigenvalue weighted by Gasteiger charge is 2.10. The van der Waals surface area contributed by atoms with Crippen LogP contribution in [0.3, 0.4) is 0 Å². The average Bonchev–Trinajstić information content (AvgIpc) is 2.66. The van der Waals surface area contributed by atoms with Gasteiger partial charge in [0.25, 0.3) is 5.91 Å². The van der Waals surface area contributed by atoms with Gasteiger partial charge in [0, 0.05) is 5.56 Å². The minimum Gasteiger partial charge on any atom is -0.434 e. The molecular weight excluding hydrogens is 354 g/mol. The molecule has 0 saturated heterocycles. The van der Waals surface area contributed by atoms with Crippen LogP contribution in [0, 0.1) is 0 Å². The van der Waals surface area contributed by atoms with Gasteiger partial charge in [-0.1, -0.05) is 48.5 Å². The average molecular weight is 376 g/mol. The Kier molecular flexibility index (Phi) is 7.73. The van der Waals surface area contributed by atoms with Gasteiger partial charge in [-0.25, -0.2) is 0 Å². The molecule has 0 heterocycles. The van der Waals surface area contributed by atoms with E-state index in [4.69, 9.17) is 4.84 Å². The fourth-order valence-electron chi connectivity index (χ4n) is 2.39. The normalized spacial score (nSPS) is 12.2. The molecule has 1 N–H and O–H groups in total. The Morgan fingerprint density at radius 1 is 1.19 bits per heavy atom. The lowest BCUT2D eigenvalue weighted by Crippen LogP contribution is -2.29. The molecular formula is C20H22F2N2O3. The van der Waals surface area contributed by atoms with E-state index >= 15 is 0 Å². The Hall–Kier alpha value is -2.96. The lowest BCUT2D eigenvalue weighted by Gasteiger charge is -2.14. The van der Waals surface area contributed by atoms with Gasteiger partial charge < -0.3 is 14.9 Å². The molecule has 0 saturated carbocycles. The van der Waals surface area contributed by atoms with Crippen molar-refractivity contribution in [1.82, 2.24) is 5.32 Å². The first-order chi connectivity index (χ1) is 13.0. The highest BCUT2D eigenvalue weighted by molar-refractivity contribution is 5.83. The number of amides is 1. The van der Waals surface area contributed by atoms with Gasteiger partial charge in [0.2, 0.25) is 0 Å². The van der Waals surface area contributed by atoms with Crippen molar-refractivity contribution in [3.8, 4) is 5.75 Å². The number of benzene rings is 2. The summed E-state index contributed by atoms with van der Waals surface area (Å²) in [5.41, 5.74) is 2.54. The van der Waals surface area contributed by atoms with Gasteiger partial charge in [-0.3, -0.25) is 4.79 Å². The number of nitrogens with zero attached hydrogens (tertiary/aromatic N) is 1. The number of halogens is 2. The first-order valence-corrected chi connectivity index (χ1v) is 8.57. The van der Waals surface area contributed by atoms with Gasteiger partial charge in [-0.2, -0.15) is 8.78 Å². The second-order valence-corrected chi connectivity index (χ2v) is 5.81. The topological polar surface area (TPSA) is 59.9 Å². The van der Waals surface area contributed by atoms with Gasteiger partial charge in [0.15, 0.2) is 6.61 Å². The van der Waals surface area contributed by atoms with E-state index < -0.39 is 6.61 Å². The van der Waals surface area contributed by atoms with Crippen molar-refractivity contribution in [2.24, 2.45) is 5.16 Å². The maximum Gasteiger partial charge on any atom is 0.387 e. The summed E-state index contributed by atoms with van der Waals surface area (Å²) in [6.07, 6.45) is 2.18. The Labute approximate surface area is 157 Å². The van der Waals surface area contributed by atoms with Crippen LogP contribution in [0.15, 0.2) is 53.7 Å². The van der Waals surface area contributed by atoms with Crippen molar-refractivity contribution < 1.29 is 23.1 Å². The second kappa shape index (κ2) is 10.3. The minimum atomic E-state index is -2.93. The minimum absolute atomic E-state index is 0.0200. The van der Waals surface area contributed by atoms with Crippen molar-refractivity contribution in [1.29, 1.82) is 0 Å². The Bertz CT molecular complexity index is 764. The van der Waals surface area contributed by atoms with Crippen LogP contribution < -0.4 is 10.1 Å². The molecule has 0 aliphatic carbocycles. The van der Waals surface area contributed by atoms with Crippen LogP contribution in [-0.4, -0.2) is 25.3 Å². The molecule has 27 heavy (non-hydrogen) atoms. The number of hydrogen-bond acceptors (Lipinski definition) is 4. The number of hydrogen-bond donors (Lipinski definition) is 1. The zero-order valence-electron chi connectivity index (χ0n) is 15.2. The Morgan fingerprint density at radius 2 is 1.89 bits per heavy atom. The SMILES string of the molecule is CCc1ccc([C@H](C)NC(=O)CO/N=C\c2ccccc2OC(F)F)cc1. The molecule has 2 aromatic carbocycles. The number of aryl methyl sites for hydroxylation is 1. The number of carbonyl (C=O) groups is 1. The van der Waals surface area contributed by atoms with E-state index in [1.54, 1.807) is 18.2 Å². The summed E-state index contributed by atoms with van der Waals surface area (Å²) in [6.45, 7) is 0.737. The fourth-order valence-corrected chi connectivity index (χ4v) is 2.39. The van der Waals surface area contributed by atoms with Crippen LogP contribution in [-0.2, 0) is 16.1 Å². The maximum absolute atomic E-state index is 12.3. The zero-order valence-corrected chi connectivity index (χ0v) is 15.2. The van der Waals surface area contributed by atoms with Gasteiger partial charge in [-0.15, -0.1) is 0 Å². The third kappa shape index (κ3) is 6.69. The third-order valence-electron chi connectivity index (χ3n) is 3.86. The Balaban J connectivity index is 1.82. The molecule has 0 bridgehead atoms. The van der Waals surface area contributed by atoms with Gasteiger partial charge in [0.05, 0.1) is 12.3 Å². The fraction of sp³-hybridized carbons (Fsp3) is 0.300. The third-order valence-corrected chi connectivity index (χ3v) is 3.86. The number of nitrogens with one attached hydrogen (secondary N) is 1. The summed E-state index contributed by atoms with van der Waals surface area (Å²) >= 11 is 0. The van der Waals surface area contributed by atoms with E-state index in [9.17, 15) is 13.6 Å². The van der Waals surface area contributed by atoms with E-state index in [0.29, 0.717) is 5.56 Å². The molecule has 0 aliphatic heterocycles. The molecule has 0 aliphatic rings. The highest BCUT2D eigenvalue weighted by atomic mass is 19.3. The largest absolute Gasteiger partial charge is 0.434 e. The van der Waals surface area contributed by atoms with E-state index in [2.05, 4.69) is 22.1 Å². The van der Waals surface area contributed by atoms with E-state index in [1.165, 1.54) is 17.8 Å². The van der Waals surface area contributed by atoms with Gasteiger partial charge >= 0.3 is 6.61 Å². The van der Waals surface area contributed by atoms with Crippen molar-refractivity contribution in [3.05, 3.63) is 65.2 Å². The maximum atomic E-state index is 12.3. The van der Waals surface area contributed by atoms with Crippen molar-refractivity contribution in [2.75, 3.05) is 6.61 Å². The lowest BCUT2D eigenvalue weighted by atomic mass is 10.1. The number of carbonyl (C=O) groups excluding carboxylic acids is 1. The molecule has 0 fully saturated rings. The van der Waals surface area contributed by atoms with Crippen molar-refractivity contribution in [3.63, 3.8) is 0 Å². The standard InChI is InChI=1S/C20H22F2N2O3/c1-3-15-8-10-16(11-9-15)14(2)24-19(25)13-26-23-12-17-6-4-5-7-18(17)27-20(21)22/h4-12,14,20H,3,13H2,1-2H3,(H,24,25)/b23-12-/t14-/m0/s1. The van der Waals surface area contributed by atoms with Crippen LogP contribution in [0.5, 0.6) is 5.75 Å². The second-order valence-electron chi connectivity index (χ2n) is 5.81. The Morgan fingerprint density at radius 3 is 2.56 bits per heavy atom. The number of rotatable bonds is 9. The van der Waals surface area contributed by atoms with Crippen LogP contribution in [0.4, 0.5) is 8.78 Å². The first kappa shape index (κ1) is 20.4. The number of ether oxygens (including phenoxy) is 1. The quantitative estimate of drug-likeness (QED) is 0.530. The van der Waals surface area contributed by atoms with Crippen LogP contribution in [0.1, 0.15) is 36.6 Å². The van der Waals surface area contributed by atoms with E-state index in [0.717, 1.165) is 12.0 Å². The van der Waals surface area contributed by atoms with Gasteiger partial charge in [0.1, 0.15) is 5.75 Å². The molecule has 2 rings (SSSR count). The number of alkyl halides is 2. The molecule has 0 aromatic heterocycles. The van der Waals surface area contributed by atoms with Crippen molar-refractivity contribution in [2.45, 2.75) is 32.9 Å². The van der Waals surface area contributed by atoms with Crippen LogP contribution in [0.25, 0.3) is 0 Å². The summed E-state index contributed by atoms with van der Waals surface area (Å²) in [5, 5.41) is 6.45. The summed E-state index contributed by atoms with van der Waals surface area (Å²) in [4.78, 5) is 16.9. The molecule has 1 amide bonds. The zero-order chi connectivity index (χ0) is 19.6. The van der Waals surface area contributed by atoms with Crippen LogP contribution >= 0.6 is 0 Å². The summed E-state index contributed by atoms with van der Waals surface area (Å²) in [5.74, 6) is -0.357. The monoisotopic (exact) mass is 376 g/mol. The summed E-state index contributed by atoms with van der Waals surface area (Å²) in [7, 11) is 0. The van der Waals surface area contributed by atoms with Gasteiger partial charge in [-0.05, 0) is 36.6 Å². The van der Waals surface area contributed by atoms with Crippen LogP contribution in [0.2, 0.25) is 0 Å². The number of para-hydroxylation sites is 1. The number of oxime groups is 1. The van der Waals surface area contributed by atoms with E-state index in [-0.39, 0.29) is 24.3 Å². The molecule has 144 valence electrons. The smallest absolute Gasteiger partial charge is 0.387 e. The molecule has 5 nitrogen and oxygen atoms in total. The summed E-state index contributed by atoms with van der Waals surface area (Å²) in [6, 6.07) is 14.0. The summed E-state index contributed by atoms with van der Waals surface area (Å²) < 4.78 is 29.1. The molecule has 2 aromatic rings. The molecule has 0 radical (unpaired) electrons. The predicted octanol–water partition coefficient (Wildman–Crippen LogP) is 4.08. The molecule has 1 atom stereocenters. The van der Waals surface area contributed by atoms with E-state index in [1.807, 2.05) is 31.2 Å². The predicted molar refractivity (Wildman–Crippen MR) is 99.0 cm³/mol. The first-order valence-electron chi connectivity index (χ1n) is 8.57.